The maximum atomic E-state index is 5.77. The SMILES string of the molecule is CC(C)Oc1ccccc1NC1CC(N)C1. The van der Waals surface area contributed by atoms with Gasteiger partial charge in [-0.2, -0.15) is 0 Å². The minimum absolute atomic E-state index is 0.201. The molecule has 1 aromatic rings. The molecule has 0 radical (unpaired) electrons. The first-order valence-electron chi connectivity index (χ1n) is 5.93. The Morgan fingerprint density at radius 1 is 1.31 bits per heavy atom. The van der Waals surface area contributed by atoms with Gasteiger partial charge in [0.25, 0.3) is 0 Å². The first-order chi connectivity index (χ1) is 7.65. The highest BCUT2D eigenvalue weighted by atomic mass is 16.5. The molecule has 1 aliphatic carbocycles. The van der Waals surface area contributed by atoms with E-state index in [1.165, 1.54) is 0 Å². The number of ether oxygens (including phenoxy) is 1. The predicted molar refractivity (Wildman–Crippen MR) is 66.8 cm³/mol. The van der Waals surface area contributed by atoms with Gasteiger partial charge >= 0.3 is 0 Å². The predicted octanol–water partition coefficient (Wildman–Crippen LogP) is 2.38. The number of benzene rings is 1. The molecular weight excluding hydrogens is 200 g/mol. The maximum Gasteiger partial charge on any atom is 0.142 e. The highest BCUT2D eigenvalue weighted by Crippen LogP contribution is 2.29. The quantitative estimate of drug-likeness (QED) is 0.819. The highest BCUT2D eigenvalue weighted by molar-refractivity contribution is 5.57. The second-order valence-corrected chi connectivity index (χ2v) is 4.74. The molecule has 0 unspecified atom stereocenters. The molecule has 3 heteroatoms. The summed E-state index contributed by atoms with van der Waals surface area (Å²) in [6.45, 7) is 4.08. The summed E-state index contributed by atoms with van der Waals surface area (Å²) in [4.78, 5) is 0. The first kappa shape index (κ1) is 11.3. The molecule has 1 fully saturated rings. The largest absolute Gasteiger partial charge is 0.489 e. The lowest BCUT2D eigenvalue weighted by atomic mass is 9.87. The van der Waals surface area contributed by atoms with E-state index < -0.39 is 0 Å². The summed E-state index contributed by atoms with van der Waals surface area (Å²) >= 11 is 0. The number of hydrogen-bond donors (Lipinski definition) is 2. The van der Waals surface area contributed by atoms with Gasteiger partial charge in [-0.15, -0.1) is 0 Å². The Morgan fingerprint density at radius 3 is 2.62 bits per heavy atom. The third-order valence-corrected chi connectivity index (χ3v) is 2.78. The number of rotatable bonds is 4. The third kappa shape index (κ3) is 2.67. The van der Waals surface area contributed by atoms with Gasteiger partial charge in [0.2, 0.25) is 0 Å². The number of anilines is 1. The summed E-state index contributed by atoms with van der Waals surface area (Å²) in [5, 5.41) is 3.48. The van der Waals surface area contributed by atoms with Crippen LogP contribution in [-0.4, -0.2) is 18.2 Å². The molecule has 1 aromatic carbocycles. The fourth-order valence-corrected chi connectivity index (χ4v) is 1.94. The van der Waals surface area contributed by atoms with Gasteiger partial charge in [0.15, 0.2) is 0 Å². The van der Waals surface area contributed by atoms with E-state index in [0.717, 1.165) is 24.3 Å². The fraction of sp³-hybridized carbons (Fsp3) is 0.538. The Morgan fingerprint density at radius 2 is 2.00 bits per heavy atom. The van der Waals surface area contributed by atoms with Gasteiger partial charge in [-0.05, 0) is 38.8 Å². The second-order valence-electron chi connectivity index (χ2n) is 4.74. The van der Waals surface area contributed by atoms with E-state index in [9.17, 15) is 0 Å². The van der Waals surface area contributed by atoms with Crippen molar-refractivity contribution in [3.63, 3.8) is 0 Å². The van der Waals surface area contributed by atoms with Gasteiger partial charge in [0.05, 0.1) is 11.8 Å². The maximum absolute atomic E-state index is 5.77. The zero-order chi connectivity index (χ0) is 11.5. The van der Waals surface area contributed by atoms with E-state index in [-0.39, 0.29) is 6.10 Å². The van der Waals surface area contributed by atoms with Crippen molar-refractivity contribution in [1.82, 2.24) is 0 Å². The van der Waals surface area contributed by atoms with Crippen LogP contribution in [0, 0.1) is 0 Å². The number of hydrogen-bond acceptors (Lipinski definition) is 3. The molecule has 0 saturated heterocycles. The normalized spacial score (nSPS) is 24.0. The van der Waals surface area contributed by atoms with E-state index in [2.05, 4.69) is 11.4 Å². The molecule has 3 N–H and O–H groups in total. The van der Waals surface area contributed by atoms with Crippen LogP contribution in [0.25, 0.3) is 0 Å². The molecule has 0 bridgehead atoms. The Balaban J connectivity index is 2.01. The van der Waals surface area contributed by atoms with E-state index in [4.69, 9.17) is 10.5 Å². The van der Waals surface area contributed by atoms with Crippen LogP contribution in [0.1, 0.15) is 26.7 Å². The van der Waals surface area contributed by atoms with Crippen LogP contribution in [0.2, 0.25) is 0 Å². The molecule has 0 aromatic heterocycles. The number of para-hydroxylation sites is 2. The molecular formula is C13H20N2O. The standard InChI is InChI=1S/C13H20N2O/c1-9(2)16-13-6-4-3-5-12(13)15-11-7-10(14)8-11/h3-6,9-11,15H,7-8,14H2,1-2H3. The summed E-state index contributed by atoms with van der Waals surface area (Å²) in [6.07, 6.45) is 2.30. The van der Waals surface area contributed by atoms with Gasteiger partial charge < -0.3 is 15.8 Å². The van der Waals surface area contributed by atoms with Crippen molar-refractivity contribution in [2.24, 2.45) is 5.73 Å². The fourth-order valence-electron chi connectivity index (χ4n) is 1.94. The first-order valence-corrected chi connectivity index (χ1v) is 5.93. The van der Waals surface area contributed by atoms with Crippen LogP contribution in [0.4, 0.5) is 5.69 Å². The lowest BCUT2D eigenvalue weighted by molar-refractivity contribution is 0.243. The van der Waals surface area contributed by atoms with Crippen LogP contribution >= 0.6 is 0 Å². The van der Waals surface area contributed by atoms with Crippen molar-refractivity contribution < 1.29 is 4.74 Å². The molecule has 3 nitrogen and oxygen atoms in total. The zero-order valence-electron chi connectivity index (χ0n) is 9.94. The summed E-state index contributed by atoms with van der Waals surface area (Å²) in [6, 6.07) is 8.95. The molecule has 2 rings (SSSR count). The lowest BCUT2D eigenvalue weighted by Crippen LogP contribution is -2.44. The van der Waals surface area contributed by atoms with E-state index in [0.29, 0.717) is 12.1 Å². The Labute approximate surface area is 97.0 Å². The highest BCUT2D eigenvalue weighted by Gasteiger charge is 2.26. The second kappa shape index (κ2) is 4.74. The lowest BCUT2D eigenvalue weighted by Gasteiger charge is -2.34. The molecule has 1 saturated carbocycles. The summed E-state index contributed by atoms with van der Waals surface area (Å²) < 4.78 is 5.75. The molecule has 0 heterocycles. The smallest absolute Gasteiger partial charge is 0.142 e. The van der Waals surface area contributed by atoms with E-state index >= 15 is 0 Å². The minimum atomic E-state index is 0.201. The van der Waals surface area contributed by atoms with Crippen molar-refractivity contribution in [3.05, 3.63) is 24.3 Å². The van der Waals surface area contributed by atoms with Crippen molar-refractivity contribution >= 4 is 5.69 Å². The van der Waals surface area contributed by atoms with Gasteiger partial charge in [-0.1, -0.05) is 12.1 Å². The molecule has 88 valence electrons. The van der Waals surface area contributed by atoms with Gasteiger partial charge in [-0.3, -0.25) is 0 Å². The van der Waals surface area contributed by atoms with Gasteiger partial charge in [-0.25, -0.2) is 0 Å². The summed E-state index contributed by atoms with van der Waals surface area (Å²) in [5.74, 6) is 0.929. The van der Waals surface area contributed by atoms with Gasteiger partial charge in [0.1, 0.15) is 5.75 Å². The topological polar surface area (TPSA) is 47.3 Å². The molecule has 0 spiro atoms. The van der Waals surface area contributed by atoms with E-state index in [1.807, 2.05) is 32.0 Å². The average molecular weight is 220 g/mol. The number of nitrogens with two attached hydrogens (primary N) is 1. The molecule has 0 atom stereocenters. The van der Waals surface area contributed by atoms with Crippen molar-refractivity contribution in [1.29, 1.82) is 0 Å². The van der Waals surface area contributed by atoms with Crippen LogP contribution in [0.3, 0.4) is 0 Å². The Hall–Kier alpha value is -1.22. The third-order valence-electron chi connectivity index (χ3n) is 2.78. The number of nitrogens with one attached hydrogen (secondary N) is 1. The molecule has 1 aliphatic rings. The molecule has 16 heavy (non-hydrogen) atoms. The Kier molecular flexibility index (Phi) is 3.34. The van der Waals surface area contributed by atoms with Crippen LogP contribution in [0.5, 0.6) is 5.75 Å². The van der Waals surface area contributed by atoms with Crippen molar-refractivity contribution in [3.8, 4) is 5.75 Å². The van der Waals surface area contributed by atoms with E-state index in [1.54, 1.807) is 0 Å². The van der Waals surface area contributed by atoms with Gasteiger partial charge in [0, 0.05) is 12.1 Å². The summed E-state index contributed by atoms with van der Waals surface area (Å²) in [5.41, 5.74) is 6.85. The average Bonchev–Trinajstić information content (AvgIpc) is 2.17. The monoisotopic (exact) mass is 220 g/mol. The zero-order valence-corrected chi connectivity index (χ0v) is 9.94. The minimum Gasteiger partial charge on any atom is -0.489 e. The van der Waals surface area contributed by atoms with Crippen molar-refractivity contribution in [2.45, 2.75) is 44.9 Å². The summed E-state index contributed by atoms with van der Waals surface area (Å²) in [7, 11) is 0. The molecule has 0 amide bonds. The van der Waals surface area contributed by atoms with Crippen LogP contribution in [-0.2, 0) is 0 Å². The van der Waals surface area contributed by atoms with Crippen LogP contribution in [0.15, 0.2) is 24.3 Å². The van der Waals surface area contributed by atoms with Crippen molar-refractivity contribution in [2.75, 3.05) is 5.32 Å². The Bertz CT molecular complexity index is 346. The molecule has 0 aliphatic heterocycles. The van der Waals surface area contributed by atoms with Crippen LogP contribution < -0.4 is 15.8 Å².